The number of carbonyl (C=O) groups excluding carboxylic acids is 2. The third-order valence-electron chi connectivity index (χ3n) is 4.34. The molecule has 4 rings (SSSR count). The molecule has 29 heavy (non-hydrogen) atoms. The molecule has 3 aromatic heterocycles. The summed E-state index contributed by atoms with van der Waals surface area (Å²) in [4.78, 5) is 33.0. The van der Waals surface area contributed by atoms with Gasteiger partial charge >= 0.3 is 6.09 Å². The average molecular weight is 431 g/mol. The molecule has 0 saturated heterocycles. The summed E-state index contributed by atoms with van der Waals surface area (Å²) in [5, 5.41) is 5.37. The first-order valence-electron chi connectivity index (χ1n) is 9.29. The fourth-order valence-electron chi connectivity index (χ4n) is 3.06. The highest BCUT2D eigenvalue weighted by Crippen LogP contribution is 2.30. The molecule has 9 heteroatoms. The number of carbonyl (C=O) groups is 2. The van der Waals surface area contributed by atoms with Gasteiger partial charge < -0.3 is 14.2 Å². The number of nitrogens with zero attached hydrogens (tertiary/aromatic N) is 3. The van der Waals surface area contributed by atoms with Crippen LogP contribution in [0.3, 0.4) is 0 Å². The lowest BCUT2D eigenvalue weighted by Crippen LogP contribution is -2.39. The molecular weight excluding hydrogens is 408 g/mol. The van der Waals surface area contributed by atoms with Gasteiger partial charge in [0.15, 0.2) is 5.13 Å². The first kappa shape index (κ1) is 19.7. The molecule has 1 aliphatic rings. The maximum Gasteiger partial charge on any atom is 0.410 e. The van der Waals surface area contributed by atoms with Crippen molar-refractivity contribution < 1.29 is 14.3 Å². The van der Waals surface area contributed by atoms with Gasteiger partial charge in [0.05, 0.1) is 17.9 Å². The van der Waals surface area contributed by atoms with Gasteiger partial charge in [-0.05, 0) is 44.4 Å². The van der Waals surface area contributed by atoms with Gasteiger partial charge in [0.25, 0.3) is 5.91 Å². The predicted octanol–water partition coefficient (Wildman–Crippen LogP) is 4.54. The van der Waals surface area contributed by atoms with E-state index < -0.39 is 5.60 Å². The van der Waals surface area contributed by atoms with Crippen LogP contribution >= 0.6 is 22.7 Å². The van der Waals surface area contributed by atoms with E-state index in [2.05, 4.69) is 10.3 Å². The minimum absolute atomic E-state index is 0.182. The van der Waals surface area contributed by atoms with E-state index >= 15 is 0 Å². The van der Waals surface area contributed by atoms with Gasteiger partial charge in [-0.3, -0.25) is 10.1 Å². The lowest BCUT2D eigenvalue weighted by Gasteiger charge is -2.29. The molecule has 0 unspecified atom stereocenters. The maximum atomic E-state index is 12.8. The van der Waals surface area contributed by atoms with Crippen molar-refractivity contribution in [2.75, 3.05) is 11.9 Å². The summed E-state index contributed by atoms with van der Waals surface area (Å²) in [6, 6.07) is 5.76. The molecule has 152 valence electrons. The van der Waals surface area contributed by atoms with E-state index in [0.717, 1.165) is 16.3 Å². The largest absolute Gasteiger partial charge is 0.444 e. The summed E-state index contributed by atoms with van der Waals surface area (Å²) in [7, 11) is 0. The van der Waals surface area contributed by atoms with Gasteiger partial charge in [-0.25, -0.2) is 9.78 Å². The van der Waals surface area contributed by atoms with Crippen molar-refractivity contribution in [3.63, 3.8) is 0 Å². The zero-order valence-electron chi connectivity index (χ0n) is 16.5. The van der Waals surface area contributed by atoms with Crippen molar-refractivity contribution >= 4 is 39.8 Å². The zero-order valence-corrected chi connectivity index (χ0v) is 18.1. The van der Waals surface area contributed by atoms with Crippen molar-refractivity contribution in [3.8, 4) is 5.69 Å². The molecule has 1 N–H and O–H groups in total. The summed E-state index contributed by atoms with van der Waals surface area (Å²) in [6.45, 7) is 6.57. The van der Waals surface area contributed by atoms with Gasteiger partial charge in [-0.15, -0.1) is 11.3 Å². The summed E-state index contributed by atoms with van der Waals surface area (Å²) >= 11 is 2.80. The Morgan fingerprint density at radius 1 is 1.24 bits per heavy atom. The van der Waals surface area contributed by atoms with E-state index in [1.807, 2.05) is 61.3 Å². The van der Waals surface area contributed by atoms with Gasteiger partial charge in [-0.1, -0.05) is 11.3 Å². The van der Waals surface area contributed by atoms with Crippen LogP contribution in [-0.4, -0.2) is 38.6 Å². The molecule has 0 aromatic carbocycles. The quantitative estimate of drug-likeness (QED) is 0.662. The number of anilines is 1. The topological polar surface area (TPSA) is 76.5 Å². The van der Waals surface area contributed by atoms with E-state index in [-0.39, 0.29) is 12.0 Å². The van der Waals surface area contributed by atoms with Crippen LogP contribution in [0.4, 0.5) is 9.93 Å². The van der Waals surface area contributed by atoms with Crippen molar-refractivity contribution in [1.29, 1.82) is 0 Å². The Hall–Kier alpha value is -2.65. The van der Waals surface area contributed by atoms with Crippen LogP contribution in [0.1, 0.15) is 41.0 Å². The molecule has 3 aromatic rings. The van der Waals surface area contributed by atoms with E-state index in [1.54, 1.807) is 4.90 Å². The summed E-state index contributed by atoms with van der Waals surface area (Å²) < 4.78 is 7.38. The highest BCUT2D eigenvalue weighted by molar-refractivity contribution is 7.16. The number of hydrogen-bond donors (Lipinski definition) is 1. The molecule has 1 aliphatic heterocycles. The fraction of sp³-hybridized carbons (Fsp3) is 0.350. The number of thiazole rings is 1. The molecule has 0 bridgehead atoms. The van der Waals surface area contributed by atoms with Crippen LogP contribution in [0.5, 0.6) is 0 Å². The van der Waals surface area contributed by atoms with E-state index in [0.29, 0.717) is 29.5 Å². The monoisotopic (exact) mass is 430 g/mol. The van der Waals surface area contributed by atoms with Crippen molar-refractivity contribution in [2.45, 2.75) is 39.3 Å². The van der Waals surface area contributed by atoms with Gasteiger partial charge in [0.1, 0.15) is 10.5 Å². The van der Waals surface area contributed by atoms with E-state index in [4.69, 9.17) is 4.74 Å². The minimum atomic E-state index is -0.525. The second-order valence-corrected chi connectivity index (χ2v) is 9.72. The SMILES string of the molecule is CC(C)(C)OC(=O)N1CCc2nc(NC(=O)c3sccc3-n3cccc3)sc2C1. The normalized spacial score (nSPS) is 13.8. The molecule has 0 radical (unpaired) electrons. The van der Waals surface area contributed by atoms with Crippen molar-refractivity contribution in [3.05, 3.63) is 51.4 Å². The highest BCUT2D eigenvalue weighted by atomic mass is 32.1. The number of nitrogens with one attached hydrogen (secondary N) is 1. The Labute approximate surface area is 176 Å². The number of rotatable bonds is 3. The Morgan fingerprint density at radius 3 is 2.72 bits per heavy atom. The summed E-state index contributed by atoms with van der Waals surface area (Å²) in [5.41, 5.74) is 1.25. The van der Waals surface area contributed by atoms with Gasteiger partial charge in [-0.2, -0.15) is 0 Å². The number of ether oxygens (including phenoxy) is 1. The molecule has 0 saturated carbocycles. The van der Waals surface area contributed by atoms with E-state index in [1.165, 1.54) is 22.7 Å². The van der Waals surface area contributed by atoms with Crippen LogP contribution < -0.4 is 5.32 Å². The zero-order chi connectivity index (χ0) is 20.6. The lowest BCUT2D eigenvalue weighted by molar-refractivity contribution is 0.0225. The molecule has 4 heterocycles. The standard InChI is InChI=1S/C20H22N4O3S2/c1-20(2,3)27-19(26)24-10-6-13-15(12-24)29-18(21-13)22-17(25)16-14(7-11-28-16)23-8-4-5-9-23/h4-5,7-9,11H,6,10,12H2,1-3H3,(H,21,22,25). The Balaban J connectivity index is 1.46. The Bertz CT molecular complexity index is 1030. The van der Waals surface area contributed by atoms with Crippen molar-refractivity contribution in [2.24, 2.45) is 0 Å². The smallest absolute Gasteiger partial charge is 0.410 e. The third-order valence-corrected chi connectivity index (χ3v) is 6.24. The van der Waals surface area contributed by atoms with Gasteiger partial charge in [0.2, 0.25) is 0 Å². The average Bonchev–Trinajstić information content (AvgIpc) is 3.38. The van der Waals surface area contributed by atoms with Crippen LogP contribution in [0.25, 0.3) is 5.69 Å². The molecule has 0 fully saturated rings. The van der Waals surface area contributed by atoms with Crippen LogP contribution in [0.2, 0.25) is 0 Å². The molecule has 2 amide bonds. The lowest BCUT2D eigenvalue weighted by atomic mass is 10.2. The third kappa shape index (κ3) is 4.35. The second-order valence-electron chi connectivity index (χ2n) is 7.72. The molecule has 0 atom stereocenters. The minimum Gasteiger partial charge on any atom is -0.444 e. The maximum absolute atomic E-state index is 12.8. The summed E-state index contributed by atoms with van der Waals surface area (Å²) in [5.74, 6) is -0.182. The molecule has 0 aliphatic carbocycles. The number of thiophene rings is 1. The Morgan fingerprint density at radius 2 is 2.00 bits per heavy atom. The molecule has 0 spiro atoms. The second kappa shape index (κ2) is 7.64. The van der Waals surface area contributed by atoms with Crippen molar-refractivity contribution in [1.82, 2.24) is 14.5 Å². The predicted molar refractivity (Wildman–Crippen MR) is 114 cm³/mol. The number of hydrogen-bond acceptors (Lipinski definition) is 6. The van der Waals surface area contributed by atoms with E-state index in [9.17, 15) is 9.59 Å². The van der Waals surface area contributed by atoms with Crippen LogP contribution in [-0.2, 0) is 17.7 Å². The summed E-state index contributed by atoms with van der Waals surface area (Å²) in [6.07, 6.45) is 4.14. The highest BCUT2D eigenvalue weighted by Gasteiger charge is 2.28. The van der Waals surface area contributed by atoms with Gasteiger partial charge in [0, 0.05) is 30.2 Å². The van der Waals surface area contributed by atoms with Crippen LogP contribution in [0.15, 0.2) is 36.0 Å². The Kier molecular flexibility index (Phi) is 5.18. The first-order valence-corrected chi connectivity index (χ1v) is 11.0. The first-order chi connectivity index (χ1) is 13.8. The molecule has 7 nitrogen and oxygen atoms in total. The fourth-order valence-corrected chi connectivity index (χ4v) is 4.86. The number of aromatic nitrogens is 2. The number of fused-ring (bicyclic) bond motifs is 1. The molecular formula is C20H22N4O3S2. The van der Waals surface area contributed by atoms with Crippen LogP contribution in [0, 0.1) is 0 Å². The number of amides is 2.